The van der Waals surface area contributed by atoms with Gasteiger partial charge in [0.15, 0.2) is 0 Å². The van der Waals surface area contributed by atoms with Crippen LogP contribution in [0.4, 0.5) is 5.69 Å². The summed E-state index contributed by atoms with van der Waals surface area (Å²) in [4.78, 5) is 24.6. The number of carbonyl (C=O) groups is 1. The Bertz CT molecular complexity index is 1010. The fourth-order valence-electron chi connectivity index (χ4n) is 2.60. The lowest BCUT2D eigenvalue weighted by molar-refractivity contribution is -0.384. The SMILES string of the molecule is Cc1cccc(OCCOc2ccc([N+](=O)[O-])cc2C=C2SC(=S)N(C)C2=O)c1. The van der Waals surface area contributed by atoms with Crippen LogP contribution in [0.3, 0.4) is 0 Å². The first-order valence-electron chi connectivity index (χ1n) is 8.67. The zero-order valence-electron chi connectivity index (χ0n) is 15.8. The van der Waals surface area contributed by atoms with E-state index in [1.807, 2.05) is 31.2 Å². The third-order valence-electron chi connectivity index (χ3n) is 4.08. The van der Waals surface area contributed by atoms with Gasteiger partial charge in [0.25, 0.3) is 11.6 Å². The second-order valence-electron chi connectivity index (χ2n) is 6.23. The summed E-state index contributed by atoms with van der Waals surface area (Å²) in [5.74, 6) is 0.911. The van der Waals surface area contributed by atoms with Crippen LogP contribution in [0.1, 0.15) is 11.1 Å². The smallest absolute Gasteiger partial charge is 0.270 e. The molecular formula is C20H18N2O5S2. The molecule has 150 valence electrons. The van der Waals surface area contributed by atoms with E-state index in [0.717, 1.165) is 23.1 Å². The number of hydrogen-bond acceptors (Lipinski definition) is 7. The van der Waals surface area contributed by atoms with Crippen LogP contribution in [0.25, 0.3) is 6.08 Å². The first kappa shape index (κ1) is 20.8. The Balaban J connectivity index is 1.75. The summed E-state index contributed by atoms with van der Waals surface area (Å²) in [6.45, 7) is 2.52. The van der Waals surface area contributed by atoms with Crippen LogP contribution in [-0.2, 0) is 4.79 Å². The molecule has 3 rings (SSSR count). The highest BCUT2D eigenvalue weighted by Gasteiger charge is 2.29. The minimum absolute atomic E-state index is 0.0911. The molecule has 0 radical (unpaired) electrons. The third kappa shape index (κ3) is 5.12. The molecule has 2 aromatic rings. The van der Waals surface area contributed by atoms with E-state index in [4.69, 9.17) is 21.7 Å². The molecule has 0 unspecified atom stereocenters. The van der Waals surface area contributed by atoms with Crippen LogP contribution in [-0.4, -0.2) is 40.3 Å². The molecule has 0 aromatic heterocycles. The van der Waals surface area contributed by atoms with Gasteiger partial charge in [0.05, 0.1) is 9.83 Å². The van der Waals surface area contributed by atoms with E-state index < -0.39 is 4.92 Å². The van der Waals surface area contributed by atoms with Crippen molar-refractivity contribution in [2.75, 3.05) is 20.3 Å². The van der Waals surface area contributed by atoms with Gasteiger partial charge in [-0.1, -0.05) is 36.1 Å². The second kappa shape index (κ2) is 9.06. The lowest BCUT2D eigenvalue weighted by Crippen LogP contribution is -2.22. The molecule has 0 saturated carbocycles. The van der Waals surface area contributed by atoms with Gasteiger partial charge in [-0.3, -0.25) is 19.8 Å². The normalized spacial score (nSPS) is 15.1. The minimum atomic E-state index is -0.493. The summed E-state index contributed by atoms with van der Waals surface area (Å²) in [6, 6.07) is 11.9. The number of thioether (sulfide) groups is 1. The van der Waals surface area contributed by atoms with Crippen molar-refractivity contribution in [1.29, 1.82) is 0 Å². The number of amides is 1. The van der Waals surface area contributed by atoms with Crippen LogP contribution >= 0.6 is 24.0 Å². The van der Waals surface area contributed by atoms with E-state index in [0.29, 0.717) is 27.1 Å². The molecule has 29 heavy (non-hydrogen) atoms. The monoisotopic (exact) mass is 430 g/mol. The summed E-state index contributed by atoms with van der Waals surface area (Å²) >= 11 is 6.27. The Morgan fingerprint density at radius 1 is 1.21 bits per heavy atom. The minimum Gasteiger partial charge on any atom is -0.490 e. The van der Waals surface area contributed by atoms with Crippen molar-refractivity contribution in [3.8, 4) is 11.5 Å². The Hall–Kier alpha value is -2.91. The Morgan fingerprint density at radius 3 is 2.62 bits per heavy atom. The van der Waals surface area contributed by atoms with Crippen molar-refractivity contribution >= 4 is 46.0 Å². The van der Waals surface area contributed by atoms with Crippen molar-refractivity contribution < 1.29 is 19.2 Å². The molecule has 0 bridgehead atoms. The van der Waals surface area contributed by atoms with Gasteiger partial charge in [-0.2, -0.15) is 0 Å². The van der Waals surface area contributed by atoms with Gasteiger partial charge >= 0.3 is 0 Å². The Kier molecular flexibility index (Phi) is 6.50. The second-order valence-corrected chi connectivity index (χ2v) is 7.91. The fraction of sp³-hybridized carbons (Fsp3) is 0.200. The number of nitrogens with zero attached hydrogens (tertiary/aromatic N) is 2. The van der Waals surface area contributed by atoms with E-state index in [1.54, 1.807) is 13.1 Å². The first-order chi connectivity index (χ1) is 13.8. The van der Waals surface area contributed by atoms with Crippen molar-refractivity contribution in [2.24, 2.45) is 0 Å². The third-order valence-corrected chi connectivity index (χ3v) is 5.56. The van der Waals surface area contributed by atoms with Crippen LogP contribution in [0, 0.1) is 17.0 Å². The molecule has 1 saturated heterocycles. The number of rotatable bonds is 7. The molecule has 1 fully saturated rings. The van der Waals surface area contributed by atoms with Gasteiger partial charge in [-0.15, -0.1) is 0 Å². The van der Waals surface area contributed by atoms with Crippen molar-refractivity contribution in [1.82, 2.24) is 4.90 Å². The average molecular weight is 431 g/mol. The van der Waals surface area contributed by atoms with Crippen LogP contribution in [0.2, 0.25) is 0 Å². The average Bonchev–Trinajstić information content (AvgIpc) is 2.92. The quantitative estimate of drug-likeness (QED) is 0.214. The molecule has 0 spiro atoms. The lowest BCUT2D eigenvalue weighted by Gasteiger charge is -2.11. The van der Waals surface area contributed by atoms with Gasteiger partial charge in [0.2, 0.25) is 0 Å². The van der Waals surface area contributed by atoms with E-state index >= 15 is 0 Å². The predicted molar refractivity (Wildman–Crippen MR) is 116 cm³/mol. The number of non-ortho nitro benzene ring substituents is 1. The van der Waals surface area contributed by atoms with Crippen LogP contribution in [0.15, 0.2) is 47.4 Å². The summed E-state index contributed by atoms with van der Waals surface area (Å²) in [5, 5.41) is 11.1. The van der Waals surface area contributed by atoms with Crippen LogP contribution < -0.4 is 9.47 Å². The fourth-order valence-corrected chi connectivity index (χ4v) is 3.77. The molecule has 0 atom stereocenters. The standard InChI is InChI=1S/C20H18N2O5S2/c1-13-4-3-5-16(10-13)26-8-9-27-17-7-6-15(22(24)25)11-14(17)12-18-19(23)21(2)20(28)29-18/h3-7,10-12H,8-9H2,1-2H3. The molecule has 0 aliphatic carbocycles. The molecule has 0 N–H and O–H groups in total. The first-order valence-corrected chi connectivity index (χ1v) is 9.90. The van der Waals surface area contributed by atoms with E-state index in [9.17, 15) is 14.9 Å². The number of nitro groups is 1. The van der Waals surface area contributed by atoms with Gasteiger partial charge in [0.1, 0.15) is 29.0 Å². The number of carbonyl (C=O) groups excluding carboxylic acids is 1. The lowest BCUT2D eigenvalue weighted by atomic mass is 10.1. The summed E-state index contributed by atoms with van der Waals surface area (Å²) in [6.07, 6.45) is 1.56. The molecule has 1 aliphatic heterocycles. The molecule has 9 heteroatoms. The molecular weight excluding hydrogens is 412 g/mol. The van der Waals surface area contributed by atoms with Crippen molar-refractivity contribution in [3.05, 3.63) is 68.6 Å². The maximum absolute atomic E-state index is 12.2. The largest absolute Gasteiger partial charge is 0.490 e. The number of hydrogen-bond donors (Lipinski definition) is 0. The summed E-state index contributed by atoms with van der Waals surface area (Å²) < 4.78 is 11.9. The number of nitro benzene ring substituents is 1. The number of aryl methyl sites for hydroxylation is 1. The van der Waals surface area contributed by atoms with E-state index in [2.05, 4.69) is 0 Å². The topological polar surface area (TPSA) is 81.9 Å². The van der Waals surface area contributed by atoms with Crippen molar-refractivity contribution in [3.63, 3.8) is 0 Å². The van der Waals surface area contributed by atoms with E-state index in [1.165, 1.54) is 23.1 Å². The molecule has 2 aromatic carbocycles. The number of benzene rings is 2. The Labute approximate surface area is 177 Å². The zero-order valence-corrected chi connectivity index (χ0v) is 17.4. The van der Waals surface area contributed by atoms with E-state index in [-0.39, 0.29) is 18.2 Å². The number of likely N-dealkylation sites (N-methyl/N-ethyl adjacent to an activating group) is 1. The maximum Gasteiger partial charge on any atom is 0.270 e. The highest BCUT2D eigenvalue weighted by molar-refractivity contribution is 8.26. The number of ether oxygens (including phenoxy) is 2. The van der Waals surface area contributed by atoms with Gasteiger partial charge in [0, 0.05) is 24.7 Å². The van der Waals surface area contributed by atoms with Gasteiger partial charge in [-0.25, -0.2) is 0 Å². The molecule has 1 heterocycles. The number of thiocarbonyl (C=S) groups is 1. The summed E-state index contributed by atoms with van der Waals surface area (Å²) in [5.41, 5.74) is 1.43. The highest BCUT2D eigenvalue weighted by atomic mass is 32.2. The molecule has 7 nitrogen and oxygen atoms in total. The molecule has 1 amide bonds. The Morgan fingerprint density at radius 2 is 1.97 bits per heavy atom. The maximum atomic E-state index is 12.2. The van der Waals surface area contributed by atoms with Crippen LogP contribution in [0.5, 0.6) is 11.5 Å². The molecule has 1 aliphatic rings. The van der Waals surface area contributed by atoms with Gasteiger partial charge in [-0.05, 0) is 36.8 Å². The predicted octanol–water partition coefficient (Wildman–Crippen LogP) is 4.19. The van der Waals surface area contributed by atoms with Crippen molar-refractivity contribution in [2.45, 2.75) is 6.92 Å². The summed E-state index contributed by atoms with van der Waals surface area (Å²) in [7, 11) is 1.59. The highest BCUT2D eigenvalue weighted by Crippen LogP contribution is 2.34. The van der Waals surface area contributed by atoms with Gasteiger partial charge < -0.3 is 9.47 Å². The zero-order chi connectivity index (χ0) is 21.0.